The highest BCUT2D eigenvalue weighted by atomic mass is 35.5. The SMILES string of the molecule is CC(C)c1cc(C(=O)NC2(C)CC2)cc(Cl)n1. The van der Waals surface area contributed by atoms with Crippen molar-refractivity contribution in [3.63, 3.8) is 0 Å². The number of pyridine rings is 1. The van der Waals surface area contributed by atoms with E-state index in [1.165, 1.54) is 0 Å². The van der Waals surface area contributed by atoms with Crippen molar-refractivity contribution in [2.45, 2.75) is 45.1 Å². The average Bonchev–Trinajstić information content (AvgIpc) is 2.95. The lowest BCUT2D eigenvalue weighted by molar-refractivity contribution is 0.0935. The maximum absolute atomic E-state index is 12.0. The number of hydrogen-bond acceptors (Lipinski definition) is 2. The van der Waals surface area contributed by atoms with Gasteiger partial charge in [-0.3, -0.25) is 4.79 Å². The summed E-state index contributed by atoms with van der Waals surface area (Å²) in [4.78, 5) is 16.2. The number of carbonyl (C=O) groups is 1. The third kappa shape index (κ3) is 2.97. The molecule has 1 amide bonds. The molecule has 1 N–H and O–H groups in total. The van der Waals surface area contributed by atoms with Gasteiger partial charge in [0.15, 0.2) is 0 Å². The first kappa shape index (κ1) is 12.4. The Morgan fingerprint density at radius 3 is 2.65 bits per heavy atom. The molecule has 17 heavy (non-hydrogen) atoms. The van der Waals surface area contributed by atoms with Crippen molar-refractivity contribution in [3.05, 3.63) is 28.5 Å². The van der Waals surface area contributed by atoms with E-state index in [-0.39, 0.29) is 17.4 Å². The smallest absolute Gasteiger partial charge is 0.251 e. The number of carbonyl (C=O) groups excluding carboxylic acids is 1. The van der Waals surface area contributed by atoms with Crippen LogP contribution in [0, 0.1) is 0 Å². The van der Waals surface area contributed by atoms with Crippen LogP contribution < -0.4 is 5.32 Å². The van der Waals surface area contributed by atoms with Crippen molar-refractivity contribution < 1.29 is 4.79 Å². The topological polar surface area (TPSA) is 42.0 Å². The number of nitrogens with one attached hydrogen (secondary N) is 1. The van der Waals surface area contributed by atoms with Crippen LogP contribution in [0.15, 0.2) is 12.1 Å². The quantitative estimate of drug-likeness (QED) is 0.840. The van der Waals surface area contributed by atoms with Crippen LogP contribution in [0.25, 0.3) is 0 Å². The van der Waals surface area contributed by atoms with Gasteiger partial charge in [0, 0.05) is 16.8 Å². The molecule has 1 aromatic rings. The van der Waals surface area contributed by atoms with E-state index in [2.05, 4.69) is 17.2 Å². The highest BCUT2D eigenvalue weighted by Gasteiger charge is 2.38. The zero-order chi connectivity index (χ0) is 12.6. The summed E-state index contributed by atoms with van der Waals surface area (Å²) in [5.74, 6) is 0.202. The second kappa shape index (κ2) is 4.30. The predicted molar refractivity (Wildman–Crippen MR) is 68.4 cm³/mol. The van der Waals surface area contributed by atoms with E-state index in [4.69, 9.17) is 11.6 Å². The zero-order valence-electron chi connectivity index (χ0n) is 10.4. The van der Waals surface area contributed by atoms with Crippen LogP contribution in [-0.2, 0) is 0 Å². The number of aromatic nitrogens is 1. The molecule has 0 saturated heterocycles. The Bertz CT molecular complexity index is 453. The van der Waals surface area contributed by atoms with Crippen LogP contribution in [-0.4, -0.2) is 16.4 Å². The predicted octanol–water partition coefficient (Wildman–Crippen LogP) is 3.14. The second-order valence-corrected chi connectivity index (χ2v) is 5.66. The molecular weight excluding hydrogens is 236 g/mol. The number of halogens is 1. The van der Waals surface area contributed by atoms with E-state index < -0.39 is 0 Å². The molecule has 0 unspecified atom stereocenters. The average molecular weight is 253 g/mol. The molecule has 0 radical (unpaired) electrons. The van der Waals surface area contributed by atoms with Gasteiger partial charge in [-0.2, -0.15) is 0 Å². The molecule has 2 rings (SSSR count). The minimum atomic E-state index is -0.0591. The van der Waals surface area contributed by atoms with Gasteiger partial charge in [0.2, 0.25) is 0 Å². The molecule has 1 saturated carbocycles. The maximum atomic E-state index is 12.0. The Kier molecular flexibility index (Phi) is 3.13. The molecule has 4 heteroatoms. The van der Waals surface area contributed by atoms with E-state index in [1.54, 1.807) is 6.07 Å². The van der Waals surface area contributed by atoms with Gasteiger partial charge in [-0.05, 0) is 37.8 Å². The summed E-state index contributed by atoms with van der Waals surface area (Å²) in [6.07, 6.45) is 2.10. The fraction of sp³-hybridized carbons (Fsp3) is 0.538. The molecule has 1 aromatic heterocycles. The van der Waals surface area contributed by atoms with Gasteiger partial charge in [0.1, 0.15) is 5.15 Å². The van der Waals surface area contributed by atoms with Crippen LogP contribution >= 0.6 is 11.6 Å². The fourth-order valence-electron chi connectivity index (χ4n) is 1.60. The molecule has 0 aromatic carbocycles. The van der Waals surface area contributed by atoms with E-state index in [1.807, 2.05) is 19.9 Å². The summed E-state index contributed by atoms with van der Waals surface area (Å²) in [5.41, 5.74) is 1.44. The maximum Gasteiger partial charge on any atom is 0.251 e. The van der Waals surface area contributed by atoms with Gasteiger partial charge < -0.3 is 5.32 Å². The summed E-state index contributed by atoms with van der Waals surface area (Å²) in [6.45, 7) is 6.11. The molecule has 1 aliphatic rings. The van der Waals surface area contributed by atoms with E-state index in [9.17, 15) is 4.79 Å². The summed E-state index contributed by atoms with van der Waals surface area (Å²) in [5, 5.41) is 3.39. The van der Waals surface area contributed by atoms with Crippen LogP contribution in [0.4, 0.5) is 0 Å². The first-order chi connectivity index (χ1) is 7.89. The van der Waals surface area contributed by atoms with Gasteiger partial charge >= 0.3 is 0 Å². The van der Waals surface area contributed by atoms with Crippen molar-refractivity contribution in [1.82, 2.24) is 10.3 Å². The van der Waals surface area contributed by atoms with Crippen molar-refractivity contribution in [2.24, 2.45) is 0 Å². The van der Waals surface area contributed by atoms with Crippen LogP contribution in [0.5, 0.6) is 0 Å². The summed E-state index contributed by atoms with van der Waals surface area (Å²) in [6, 6.07) is 3.44. The Balaban J connectivity index is 2.22. The lowest BCUT2D eigenvalue weighted by atomic mass is 10.1. The molecule has 0 spiro atoms. The Hall–Kier alpha value is -1.09. The Morgan fingerprint density at radius 2 is 2.12 bits per heavy atom. The van der Waals surface area contributed by atoms with Gasteiger partial charge in [0.25, 0.3) is 5.91 Å². The summed E-state index contributed by atoms with van der Waals surface area (Å²) < 4.78 is 0. The highest BCUT2D eigenvalue weighted by molar-refractivity contribution is 6.29. The highest BCUT2D eigenvalue weighted by Crippen LogP contribution is 2.34. The third-order valence-electron chi connectivity index (χ3n) is 3.08. The van der Waals surface area contributed by atoms with Crippen molar-refractivity contribution >= 4 is 17.5 Å². The molecule has 1 fully saturated rings. The fourth-order valence-corrected chi connectivity index (χ4v) is 1.82. The molecule has 1 aliphatic carbocycles. The molecule has 1 heterocycles. The largest absolute Gasteiger partial charge is 0.347 e. The van der Waals surface area contributed by atoms with Crippen molar-refractivity contribution in [3.8, 4) is 0 Å². The molecule has 3 nitrogen and oxygen atoms in total. The lowest BCUT2D eigenvalue weighted by Crippen LogP contribution is -2.34. The zero-order valence-corrected chi connectivity index (χ0v) is 11.1. The molecule has 92 valence electrons. The first-order valence-corrected chi connectivity index (χ1v) is 6.27. The van der Waals surface area contributed by atoms with E-state index in [0.717, 1.165) is 18.5 Å². The van der Waals surface area contributed by atoms with Crippen molar-refractivity contribution in [1.29, 1.82) is 0 Å². The lowest BCUT2D eigenvalue weighted by Gasteiger charge is -2.13. The minimum Gasteiger partial charge on any atom is -0.347 e. The third-order valence-corrected chi connectivity index (χ3v) is 3.28. The molecule has 0 atom stereocenters. The van der Waals surface area contributed by atoms with Gasteiger partial charge in [0.05, 0.1) is 0 Å². The number of amides is 1. The van der Waals surface area contributed by atoms with Gasteiger partial charge in [-0.15, -0.1) is 0 Å². The minimum absolute atomic E-state index is 0.00910. The normalized spacial score (nSPS) is 17.0. The van der Waals surface area contributed by atoms with Gasteiger partial charge in [-0.25, -0.2) is 4.98 Å². The Labute approximate surface area is 107 Å². The van der Waals surface area contributed by atoms with E-state index >= 15 is 0 Å². The second-order valence-electron chi connectivity index (χ2n) is 5.27. The monoisotopic (exact) mass is 252 g/mol. The molecule has 0 aliphatic heterocycles. The standard InChI is InChI=1S/C13H17ClN2O/c1-8(2)10-6-9(7-11(14)15-10)12(17)16-13(3)4-5-13/h6-8H,4-5H2,1-3H3,(H,16,17). The number of rotatable bonds is 3. The number of hydrogen-bond donors (Lipinski definition) is 1. The van der Waals surface area contributed by atoms with Crippen LogP contribution in [0.3, 0.4) is 0 Å². The first-order valence-electron chi connectivity index (χ1n) is 5.90. The van der Waals surface area contributed by atoms with Crippen LogP contribution in [0.1, 0.15) is 55.6 Å². The van der Waals surface area contributed by atoms with E-state index in [0.29, 0.717) is 10.7 Å². The Morgan fingerprint density at radius 1 is 1.47 bits per heavy atom. The summed E-state index contributed by atoms with van der Waals surface area (Å²) >= 11 is 5.93. The van der Waals surface area contributed by atoms with Crippen molar-refractivity contribution in [2.75, 3.05) is 0 Å². The molecule has 0 bridgehead atoms. The molecular formula is C13H17ClN2O. The summed E-state index contributed by atoms with van der Waals surface area (Å²) in [7, 11) is 0. The van der Waals surface area contributed by atoms with Crippen LogP contribution in [0.2, 0.25) is 5.15 Å². The van der Waals surface area contributed by atoms with Gasteiger partial charge in [-0.1, -0.05) is 25.4 Å². The number of nitrogens with zero attached hydrogens (tertiary/aromatic N) is 1.